The second-order valence-electron chi connectivity index (χ2n) is 7.84. The topological polar surface area (TPSA) is 89.3 Å². The highest BCUT2D eigenvalue weighted by Gasteiger charge is 2.30. The van der Waals surface area contributed by atoms with Crippen LogP contribution in [0.4, 0.5) is 0 Å². The summed E-state index contributed by atoms with van der Waals surface area (Å²) >= 11 is 0. The van der Waals surface area contributed by atoms with Gasteiger partial charge >= 0.3 is 0 Å². The van der Waals surface area contributed by atoms with E-state index in [1.54, 1.807) is 7.11 Å². The van der Waals surface area contributed by atoms with Crippen molar-refractivity contribution in [3.05, 3.63) is 30.2 Å². The molecule has 2 N–H and O–H groups in total. The minimum atomic E-state index is 0. The average molecular weight is 421 g/mol. The quantitative estimate of drug-likeness (QED) is 0.746. The molecule has 29 heavy (non-hydrogen) atoms. The minimum absolute atomic E-state index is 0. The van der Waals surface area contributed by atoms with Crippen LogP contribution in [-0.4, -0.2) is 42.8 Å². The van der Waals surface area contributed by atoms with Gasteiger partial charge in [-0.25, -0.2) is 0 Å². The monoisotopic (exact) mass is 420 g/mol. The van der Waals surface area contributed by atoms with Crippen LogP contribution in [0.1, 0.15) is 43.9 Å². The van der Waals surface area contributed by atoms with Crippen molar-refractivity contribution >= 4 is 18.3 Å². The molecule has 2 aromatic rings. The first-order valence-electron chi connectivity index (χ1n) is 10.2. The van der Waals surface area contributed by atoms with Crippen LogP contribution in [0, 0.1) is 11.8 Å². The molecule has 1 saturated carbocycles. The number of hydrogen-bond acceptors (Lipinski definition) is 6. The van der Waals surface area contributed by atoms with E-state index in [9.17, 15) is 4.79 Å². The van der Waals surface area contributed by atoms with Crippen molar-refractivity contribution in [2.75, 3.05) is 26.7 Å². The highest BCUT2D eigenvalue weighted by molar-refractivity contribution is 5.85. The van der Waals surface area contributed by atoms with E-state index in [4.69, 9.17) is 9.26 Å². The fraction of sp³-hybridized carbons (Fsp3) is 0.571. The molecule has 4 rings (SSSR count). The summed E-state index contributed by atoms with van der Waals surface area (Å²) in [7, 11) is 1.64. The third-order valence-corrected chi connectivity index (χ3v) is 5.96. The first kappa shape index (κ1) is 21.6. The summed E-state index contributed by atoms with van der Waals surface area (Å²) in [5.74, 6) is 3.21. The van der Waals surface area contributed by atoms with Gasteiger partial charge in [0.2, 0.25) is 17.6 Å². The summed E-state index contributed by atoms with van der Waals surface area (Å²) < 4.78 is 10.7. The number of carbonyl (C=O) groups excluding carboxylic acids is 1. The van der Waals surface area contributed by atoms with Crippen LogP contribution < -0.4 is 15.4 Å². The highest BCUT2D eigenvalue weighted by atomic mass is 35.5. The number of nitrogens with zero attached hydrogens (tertiary/aromatic N) is 2. The molecule has 158 valence electrons. The Labute approximate surface area is 177 Å². The van der Waals surface area contributed by atoms with Gasteiger partial charge in [-0.2, -0.15) is 4.98 Å². The fourth-order valence-electron chi connectivity index (χ4n) is 4.14. The molecule has 0 spiro atoms. The molecule has 0 radical (unpaired) electrons. The highest BCUT2D eigenvalue weighted by Crippen LogP contribution is 2.36. The van der Waals surface area contributed by atoms with E-state index in [2.05, 4.69) is 20.8 Å². The molecule has 1 unspecified atom stereocenters. The zero-order chi connectivity index (χ0) is 19.3. The minimum Gasteiger partial charge on any atom is -0.497 e. The number of rotatable bonds is 6. The first-order chi connectivity index (χ1) is 13.7. The predicted octanol–water partition coefficient (Wildman–Crippen LogP) is 3.17. The van der Waals surface area contributed by atoms with Crippen molar-refractivity contribution in [3.8, 4) is 17.1 Å². The molecular weight excluding hydrogens is 392 g/mol. The van der Waals surface area contributed by atoms with Crippen LogP contribution in [0.25, 0.3) is 11.4 Å². The van der Waals surface area contributed by atoms with E-state index in [0.29, 0.717) is 17.6 Å². The molecule has 1 aromatic carbocycles. The number of ether oxygens (including phenoxy) is 1. The lowest BCUT2D eigenvalue weighted by Gasteiger charge is -2.26. The van der Waals surface area contributed by atoms with E-state index >= 15 is 0 Å². The van der Waals surface area contributed by atoms with Crippen LogP contribution >= 0.6 is 12.4 Å². The van der Waals surface area contributed by atoms with Gasteiger partial charge in [-0.15, -0.1) is 12.4 Å². The molecule has 2 heterocycles. The molecular formula is C21H29ClN4O3. The smallest absolute Gasteiger partial charge is 0.230 e. The fourth-order valence-corrected chi connectivity index (χ4v) is 4.14. The van der Waals surface area contributed by atoms with Crippen LogP contribution in [0.5, 0.6) is 5.75 Å². The van der Waals surface area contributed by atoms with Gasteiger partial charge in [0.05, 0.1) is 7.11 Å². The number of benzene rings is 1. The average Bonchev–Trinajstić information content (AvgIpc) is 3.44. The Hall–Kier alpha value is -2.12. The van der Waals surface area contributed by atoms with Gasteiger partial charge in [-0.05, 0) is 75.4 Å². The number of halogens is 1. The summed E-state index contributed by atoms with van der Waals surface area (Å²) in [5.41, 5.74) is 0.908. The van der Waals surface area contributed by atoms with E-state index in [0.717, 1.165) is 63.1 Å². The maximum absolute atomic E-state index is 12.4. The van der Waals surface area contributed by atoms with Crippen molar-refractivity contribution in [2.24, 2.45) is 11.8 Å². The molecule has 1 saturated heterocycles. The number of aromatic nitrogens is 2. The van der Waals surface area contributed by atoms with Crippen LogP contribution in [0.15, 0.2) is 28.8 Å². The number of hydrogen-bond donors (Lipinski definition) is 2. The lowest BCUT2D eigenvalue weighted by atomic mass is 9.81. The summed E-state index contributed by atoms with van der Waals surface area (Å²) in [6.45, 7) is 2.87. The molecule has 7 nitrogen and oxygen atoms in total. The first-order valence-corrected chi connectivity index (χ1v) is 10.2. The predicted molar refractivity (Wildman–Crippen MR) is 112 cm³/mol. The molecule has 1 atom stereocenters. The van der Waals surface area contributed by atoms with E-state index in [1.807, 2.05) is 24.3 Å². The normalized spacial score (nSPS) is 24.0. The summed E-state index contributed by atoms with van der Waals surface area (Å²) in [5, 5.41) is 10.6. The molecule has 2 fully saturated rings. The van der Waals surface area contributed by atoms with Crippen molar-refractivity contribution in [1.29, 1.82) is 0 Å². The molecule has 2 aliphatic rings. The van der Waals surface area contributed by atoms with E-state index in [1.165, 1.54) is 0 Å². The van der Waals surface area contributed by atoms with Crippen molar-refractivity contribution in [1.82, 2.24) is 20.8 Å². The molecule has 1 aliphatic carbocycles. The lowest BCUT2D eigenvalue weighted by molar-refractivity contribution is -0.126. The number of methoxy groups -OCH3 is 1. The van der Waals surface area contributed by atoms with Crippen LogP contribution in [0.3, 0.4) is 0 Å². The number of amides is 1. The standard InChI is InChI=1S/C21H28N4O3.ClH/c1-27-18-8-6-15(7-9-18)19-24-21(28-25-19)17-4-2-16(3-5-17)20(26)23-13-14-10-11-22-12-14;/h6-9,14,16-17,22H,2-5,10-13H2,1H3,(H,23,26);1H. The SMILES string of the molecule is COc1ccc(-c2noc(C3CCC(C(=O)NCC4CCNC4)CC3)n2)cc1.Cl. The number of carbonyl (C=O) groups is 1. The van der Waals surface area contributed by atoms with Gasteiger partial charge in [0.1, 0.15) is 5.75 Å². The summed E-state index contributed by atoms with van der Waals surface area (Å²) in [6.07, 6.45) is 4.72. The van der Waals surface area contributed by atoms with Gasteiger partial charge in [0.25, 0.3) is 0 Å². The largest absolute Gasteiger partial charge is 0.497 e. The zero-order valence-corrected chi connectivity index (χ0v) is 17.5. The Morgan fingerprint density at radius 2 is 1.97 bits per heavy atom. The van der Waals surface area contributed by atoms with E-state index < -0.39 is 0 Å². The number of nitrogens with one attached hydrogen (secondary N) is 2. The van der Waals surface area contributed by atoms with Gasteiger partial charge in [-0.1, -0.05) is 5.16 Å². The van der Waals surface area contributed by atoms with Crippen molar-refractivity contribution in [2.45, 2.75) is 38.0 Å². The van der Waals surface area contributed by atoms with E-state index in [-0.39, 0.29) is 30.2 Å². The van der Waals surface area contributed by atoms with Gasteiger partial charge in [0.15, 0.2) is 0 Å². The maximum Gasteiger partial charge on any atom is 0.230 e. The van der Waals surface area contributed by atoms with Crippen LogP contribution in [-0.2, 0) is 4.79 Å². The van der Waals surface area contributed by atoms with Crippen molar-refractivity contribution < 1.29 is 14.1 Å². The Balaban J connectivity index is 0.00000240. The Morgan fingerprint density at radius 1 is 1.21 bits per heavy atom. The molecule has 1 amide bonds. The Bertz CT molecular complexity index is 781. The van der Waals surface area contributed by atoms with Crippen LogP contribution in [0.2, 0.25) is 0 Å². The molecule has 1 aromatic heterocycles. The summed E-state index contributed by atoms with van der Waals surface area (Å²) in [6, 6.07) is 7.62. The maximum atomic E-state index is 12.4. The molecule has 8 heteroatoms. The van der Waals surface area contributed by atoms with Gasteiger partial charge in [-0.3, -0.25) is 4.79 Å². The zero-order valence-electron chi connectivity index (χ0n) is 16.7. The summed E-state index contributed by atoms with van der Waals surface area (Å²) in [4.78, 5) is 17.0. The lowest BCUT2D eigenvalue weighted by Crippen LogP contribution is -2.36. The van der Waals surface area contributed by atoms with Crippen molar-refractivity contribution in [3.63, 3.8) is 0 Å². The Kier molecular flexibility index (Phi) is 7.50. The molecule has 1 aliphatic heterocycles. The van der Waals surface area contributed by atoms with Gasteiger partial charge in [0, 0.05) is 23.9 Å². The second-order valence-corrected chi connectivity index (χ2v) is 7.84. The third kappa shape index (κ3) is 5.28. The second kappa shape index (κ2) is 10.1. The Morgan fingerprint density at radius 3 is 2.62 bits per heavy atom. The third-order valence-electron chi connectivity index (χ3n) is 5.96. The molecule has 0 bridgehead atoms. The van der Waals surface area contributed by atoms with Gasteiger partial charge < -0.3 is 19.9 Å².